The van der Waals surface area contributed by atoms with Crippen LogP contribution in [-0.4, -0.2) is 30.9 Å². The summed E-state index contributed by atoms with van der Waals surface area (Å²) in [5.74, 6) is 0.545. The molecule has 0 aliphatic heterocycles. The van der Waals surface area contributed by atoms with E-state index in [2.05, 4.69) is 5.32 Å². The Bertz CT molecular complexity index is 341. The van der Waals surface area contributed by atoms with Crippen molar-refractivity contribution in [2.75, 3.05) is 18.9 Å². The SMILES string of the molecule is CC(C)OCCCNC(=O)CSc1ccccc1. The van der Waals surface area contributed by atoms with Crippen molar-refractivity contribution in [1.82, 2.24) is 5.32 Å². The van der Waals surface area contributed by atoms with E-state index in [0.29, 0.717) is 18.9 Å². The molecule has 0 aromatic heterocycles. The zero-order chi connectivity index (χ0) is 13.2. The minimum Gasteiger partial charge on any atom is -0.379 e. The van der Waals surface area contributed by atoms with Gasteiger partial charge in [-0.2, -0.15) is 0 Å². The van der Waals surface area contributed by atoms with Crippen molar-refractivity contribution in [3.63, 3.8) is 0 Å². The lowest BCUT2D eigenvalue weighted by Gasteiger charge is -2.08. The van der Waals surface area contributed by atoms with Crippen LogP contribution in [0.15, 0.2) is 35.2 Å². The summed E-state index contributed by atoms with van der Waals surface area (Å²) in [5.41, 5.74) is 0. The molecule has 1 amide bonds. The van der Waals surface area contributed by atoms with Crippen LogP contribution >= 0.6 is 11.8 Å². The quantitative estimate of drug-likeness (QED) is 0.581. The lowest BCUT2D eigenvalue weighted by Crippen LogP contribution is -2.27. The number of thioether (sulfide) groups is 1. The van der Waals surface area contributed by atoms with Crippen molar-refractivity contribution in [3.8, 4) is 0 Å². The van der Waals surface area contributed by atoms with Crippen molar-refractivity contribution in [2.24, 2.45) is 0 Å². The highest BCUT2D eigenvalue weighted by Crippen LogP contribution is 2.15. The summed E-state index contributed by atoms with van der Waals surface area (Å²) in [7, 11) is 0. The van der Waals surface area contributed by atoms with Crippen LogP contribution in [-0.2, 0) is 9.53 Å². The molecule has 0 spiro atoms. The minimum atomic E-state index is 0.0772. The average molecular weight is 267 g/mol. The number of hydrogen-bond acceptors (Lipinski definition) is 3. The van der Waals surface area contributed by atoms with Gasteiger partial charge in [0.25, 0.3) is 0 Å². The summed E-state index contributed by atoms with van der Waals surface area (Å²) < 4.78 is 5.40. The molecule has 0 saturated carbocycles. The number of carbonyl (C=O) groups is 1. The van der Waals surface area contributed by atoms with Gasteiger partial charge in [-0.25, -0.2) is 0 Å². The summed E-state index contributed by atoms with van der Waals surface area (Å²) in [4.78, 5) is 12.7. The molecule has 18 heavy (non-hydrogen) atoms. The maximum absolute atomic E-state index is 11.5. The van der Waals surface area contributed by atoms with E-state index in [0.717, 1.165) is 11.3 Å². The molecule has 100 valence electrons. The van der Waals surface area contributed by atoms with Gasteiger partial charge < -0.3 is 10.1 Å². The topological polar surface area (TPSA) is 38.3 Å². The highest BCUT2D eigenvalue weighted by atomic mass is 32.2. The van der Waals surface area contributed by atoms with Crippen molar-refractivity contribution in [2.45, 2.75) is 31.3 Å². The van der Waals surface area contributed by atoms with Crippen LogP contribution in [0.25, 0.3) is 0 Å². The van der Waals surface area contributed by atoms with E-state index >= 15 is 0 Å². The second-order valence-electron chi connectivity index (χ2n) is 4.22. The zero-order valence-electron chi connectivity index (χ0n) is 11.0. The Morgan fingerprint density at radius 3 is 2.72 bits per heavy atom. The molecule has 0 aliphatic carbocycles. The van der Waals surface area contributed by atoms with Gasteiger partial charge in [0.1, 0.15) is 0 Å². The molecular formula is C14H21NO2S. The van der Waals surface area contributed by atoms with E-state index < -0.39 is 0 Å². The van der Waals surface area contributed by atoms with E-state index in [1.165, 1.54) is 0 Å². The lowest BCUT2D eigenvalue weighted by molar-refractivity contribution is -0.118. The van der Waals surface area contributed by atoms with Gasteiger partial charge in [0.2, 0.25) is 5.91 Å². The molecule has 3 nitrogen and oxygen atoms in total. The van der Waals surface area contributed by atoms with Gasteiger partial charge in [0.05, 0.1) is 11.9 Å². The summed E-state index contributed by atoms with van der Waals surface area (Å²) in [6, 6.07) is 9.94. The Hall–Kier alpha value is -1.00. The fraction of sp³-hybridized carbons (Fsp3) is 0.500. The Morgan fingerprint density at radius 2 is 2.06 bits per heavy atom. The zero-order valence-corrected chi connectivity index (χ0v) is 11.8. The van der Waals surface area contributed by atoms with Crippen LogP contribution < -0.4 is 5.32 Å². The van der Waals surface area contributed by atoms with Crippen molar-refractivity contribution < 1.29 is 9.53 Å². The molecule has 4 heteroatoms. The molecule has 0 saturated heterocycles. The Morgan fingerprint density at radius 1 is 1.33 bits per heavy atom. The number of nitrogens with one attached hydrogen (secondary N) is 1. The first-order valence-electron chi connectivity index (χ1n) is 6.24. The molecule has 1 rings (SSSR count). The van der Waals surface area contributed by atoms with Crippen LogP contribution in [0.3, 0.4) is 0 Å². The van der Waals surface area contributed by atoms with Crippen LogP contribution in [0, 0.1) is 0 Å². The molecular weight excluding hydrogens is 246 g/mol. The number of benzene rings is 1. The smallest absolute Gasteiger partial charge is 0.230 e. The molecule has 1 aromatic rings. The van der Waals surface area contributed by atoms with Crippen molar-refractivity contribution in [1.29, 1.82) is 0 Å². The van der Waals surface area contributed by atoms with Gasteiger partial charge in [-0.15, -0.1) is 11.8 Å². The second-order valence-corrected chi connectivity index (χ2v) is 5.27. The summed E-state index contributed by atoms with van der Waals surface area (Å²) >= 11 is 1.55. The number of hydrogen-bond donors (Lipinski definition) is 1. The Balaban J connectivity index is 2.04. The number of rotatable bonds is 8. The highest BCUT2D eigenvalue weighted by Gasteiger charge is 2.02. The van der Waals surface area contributed by atoms with Gasteiger partial charge in [-0.3, -0.25) is 4.79 Å². The van der Waals surface area contributed by atoms with E-state index in [4.69, 9.17) is 4.74 Å². The first-order valence-corrected chi connectivity index (χ1v) is 7.23. The normalized spacial score (nSPS) is 10.6. The second kappa shape index (κ2) is 9.00. The Labute approximate surface area is 113 Å². The third-order valence-corrected chi connectivity index (χ3v) is 3.22. The first-order chi connectivity index (χ1) is 8.68. The summed E-state index contributed by atoms with van der Waals surface area (Å²) in [5, 5.41) is 2.89. The lowest BCUT2D eigenvalue weighted by atomic mass is 10.4. The molecule has 0 fully saturated rings. The van der Waals surface area contributed by atoms with Crippen LogP contribution in [0.2, 0.25) is 0 Å². The van der Waals surface area contributed by atoms with Gasteiger partial charge in [0.15, 0.2) is 0 Å². The number of amides is 1. The fourth-order valence-corrected chi connectivity index (χ4v) is 2.09. The van der Waals surface area contributed by atoms with Gasteiger partial charge in [0, 0.05) is 18.0 Å². The molecule has 0 aliphatic rings. The minimum absolute atomic E-state index is 0.0772. The maximum Gasteiger partial charge on any atom is 0.230 e. The van der Waals surface area contributed by atoms with E-state index in [-0.39, 0.29) is 12.0 Å². The molecule has 0 bridgehead atoms. The molecule has 0 heterocycles. The average Bonchev–Trinajstić information content (AvgIpc) is 2.37. The highest BCUT2D eigenvalue weighted by molar-refractivity contribution is 8.00. The van der Waals surface area contributed by atoms with Gasteiger partial charge in [-0.05, 0) is 32.4 Å². The van der Waals surface area contributed by atoms with Gasteiger partial charge >= 0.3 is 0 Å². The third kappa shape index (κ3) is 7.35. The van der Waals surface area contributed by atoms with E-state index in [9.17, 15) is 4.79 Å². The largest absolute Gasteiger partial charge is 0.379 e. The standard InChI is InChI=1S/C14H21NO2S/c1-12(2)17-10-6-9-15-14(16)11-18-13-7-4-3-5-8-13/h3-5,7-8,12H,6,9-11H2,1-2H3,(H,15,16). The predicted molar refractivity (Wildman–Crippen MR) is 75.9 cm³/mol. The van der Waals surface area contributed by atoms with Crippen molar-refractivity contribution in [3.05, 3.63) is 30.3 Å². The van der Waals surface area contributed by atoms with Crippen LogP contribution in [0.4, 0.5) is 0 Å². The Kier molecular flexibility index (Phi) is 7.53. The van der Waals surface area contributed by atoms with E-state index in [1.54, 1.807) is 11.8 Å². The number of ether oxygens (including phenoxy) is 1. The first kappa shape index (κ1) is 15.1. The van der Waals surface area contributed by atoms with Crippen LogP contribution in [0.1, 0.15) is 20.3 Å². The summed E-state index contributed by atoms with van der Waals surface area (Å²) in [6.45, 7) is 5.40. The third-order valence-electron chi connectivity index (χ3n) is 2.21. The molecule has 1 N–H and O–H groups in total. The van der Waals surface area contributed by atoms with Crippen molar-refractivity contribution >= 4 is 17.7 Å². The maximum atomic E-state index is 11.5. The summed E-state index contributed by atoms with van der Waals surface area (Å²) in [6.07, 6.45) is 1.12. The monoisotopic (exact) mass is 267 g/mol. The predicted octanol–water partition coefficient (Wildman–Crippen LogP) is 2.71. The molecule has 0 atom stereocenters. The molecule has 1 aromatic carbocycles. The van der Waals surface area contributed by atoms with Crippen LogP contribution in [0.5, 0.6) is 0 Å². The fourth-order valence-electron chi connectivity index (χ4n) is 1.34. The van der Waals surface area contributed by atoms with Gasteiger partial charge in [-0.1, -0.05) is 18.2 Å². The number of carbonyl (C=O) groups excluding carboxylic acids is 1. The van der Waals surface area contributed by atoms with E-state index in [1.807, 2.05) is 44.2 Å². The molecule has 0 unspecified atom stereocenters. The molecule has 0 radical (unpaired) electrons.